The number of aromatic amines is 2. The predicted molar refractivity (Wildman–Crippen MR) is 146 cm³/mol. The molecule has 0 aliphatic heterocycles. The minimum Gasteiger partial charge on any atom is -0.345 e. The lowest BCUT2D eigenvalue weighted by molar-refractivity contribution is 0.0215. The van der Waals surface area contributed by atoms with Crippen molar-refractivity contribution in [1.82, 2.24) is 29.8 Å². The number of hydrogen-bond donors (Lipinski definition) is 2. The fourth-order valence-corrected chi connectivity index (χ4v) is 5.96. The number of fused-ring (bicyclic) bond motifs is 3. The van der Waals surface area contributed by atoms with Crippen LogP contribution in [0.15, 0.2) is 61.2 Å². The number of nitrogens with one attached hydrogen (secondary N) is 2. The monoisotopic (exact) mass is 492 g/mol. The summed E-state index contributed by atoms with van der Waals surface area (Å²) in [5.41, 5.74) is 7.55. The molecule has 5 aromatic rings. The van der Waals surface area contributed by atoms with Crippen molar-refractivity contribution in [2.24, 2.45) is 5.41 Å². The molecule has 1 atom stereocenters. The maximum Gasteiger partial charge on any atom is 0.254 e. The van der Waals surface area contributed by atoms with Gasteiger partial charge in [0.1, 0.15) is 5.82 Å². The Morgan fingerprint density at radius 1 is 1.08 bits per heavy atom. The van der Waals surface area contributed by atoms with Crippen LogP contribution in [0.4, 0.5) is 0 Å². The first kappa shape index (κ1) is 23.4. The molecule has 188 valence electrons. The molecule has 7 nitrogen and oxygen atoms in total. The number of rotatable bonds is 4. The zero-order valence-corrected chi connectivity index (χ0v) is 22.0. The van der Waals surface area contributed by atoms with E-state index in [9.17, 15) is 4.79 Å². The average molecular weight is 493 g/mol. The van der Waals surface area contributed by atoms with Gasteiger partial charge in [0.25, 0.3) is 5.91 Å². The molecule has 0 unspecified atom stereocenters. The van der Waals surface area contributed by atoms with Gasteiger partial charge in [-0.1, -0.05) is 27.7 Å². The van der Waals surface area contributed by atoms with E-state index in [1.165, 1.54) is 11.1 Å². The lowest BCUT2D eigenvalue weighted by Gasteiger charge is -2.55. The van der Waals surface area contributed by atoms with E-state index in [4.69, 9.17) is 4.98 Å². The van der Waals surface area contributed by atoms with Crippen LogP contribution in [0.25, 0.3) is 33.5 Å². The van der Waals surface area contributed by atoms with Crippen LogP contribution in [0.3, 0.4) is 0 Å². The number of pyridine rings is 1. The first-order valence-corrected chi connectivity index (χ1v) is 12.9. The molecule has 6 rings (SSSR count). The van der Waals surface area contributed by atoms with Gasteiger partial charge in [-0.2, -0.15) is 0 Å². The van der Waals surface area contributed by atoms with Crippen LogP contribution in [0.5, 0.6) is 0 Å². The van der Waals surface area contributed by atoms with E-state index in [2.05, 4.69) is 71.6 Å². The number of amides is 1. The van der Waals surface area contributed by atoms with Gasteiger partial charge in [-0.05, 0) is 77.8 Å². The van der Waals surface area contributed by atoms with Crippen molar-refractivity contribution in [3.8, 4) is 11.4 Å². The van der Waals surface area contributed by atoms with Crippen molar-refractivity contribution < 1.29 is 4.79 Å². The molecule has 0 fully saturated rings. The molecular formula is C30H32N6O. The number of H-pyrrole nitrogens is 2. The van der Waals surface area contributed by atoms with Gasteiger partial charge in [0.2, 0.25) is 0 Å². The lowest BCUT2D eigenvalue weighted by Crippen LogP contribution is -2.58. The number of carbonyl (C=O) groups excluding carboxylic acids is 1. The van der Waals surface area contributed by atoms with Gasteiger partial charge in [-0.25, -0.2) is 9.97 Å². The third-order valence-corrected chi connectivity index (χ3v) is 8.82. The molecular weight excluding hydrogens is 460 g/mol. The van der Waals surface area contributed by atoms with E-state index in [1.807, 2.05) is 36.5 Å². The lowest BCUT2D eigenvalue weighted by atomic mass is 9.55. The second-order valence-electron chi connectivity index (χ2n) is 11.1. The highest BCUT2D eigenvalue weighted by atomic mass is 16.2. The molecule has 0 spiro atoms. The molecule has 0 bridgehead atoms. The maximum atomic E-state index is 13.9. The summed E-state index contributed by atoms with van der Waals surface area (Å²) >= 11 is 0. The Labute approximate surface area is 216 Å². The molecule has 2 N–H and O–H groups in total. The molecule has 2 aromatic carbocycles. The molecule has 1 aliphatic rings. The highest BCUT2D eigenvalue weighted by Crippen LogP contribution is 2.52. The van der Waals surface area contributed by atoms with E-state index < -0.39 is 0 Å². The first-order chi connectivity index (χ1) is 17.7. The summed E-state index contributed by atoms with van der Waals surface area (Å²) in [6.07, 6.45) is 6.04. The van der Waals surface area contributed by atoms with Crippen LogP contribution in [0.2, 0.25) is 0 Å². The van der Waals surface area contributed by atoms with E-state index in [-0.39, 0.29) is 22.8 Å². The van der Waals surface area contributed by atoms with E-state index in [1.54, 1.807) is 12.5 Å². The fraction of sp³-hybridized carbons (Fsp3) is 0.333. The van der Waals surface area contributed by atoms with E-state index in [0.717, 1.165) is 39.9 Å². The summed E-state index contributed by atoms with van der Waals surface area (Å²) in [6, 6.07) is 14.1. The normalized spacial score (nSPS) is 18.1. The number of aromatic nitrogens is 5. The molecule has 0 saturated heterocycles. The zero-order chi connectivity index (χ0) is 25.9. The summed E-state index contributed by atoms with van der Waals surface area (Å²) in [6.45, 7) is 11.9. The predicted octanol–water partition coefficient (Wildman–Crippen LogP) is 5.89. The van der Waals surface area contributed by atoms with Crippen molar-refractivity contribution in [3.05, 3.63) is 77.9 Å². The summed E-state index contributed by atoms with van der Waals surface area (Å²) < 4.78 is 0. The average Bonchev–Trinajstić information content (AvgIpc) is 3.53. The van der Waals surface area contributed by atoms with Gasteiger partial charge in [0, 0.05) is 36.1 Å². The van der Waals surface area contributed by atoms with Gasteiger partial charge in [0.15, 0.2) is 0 Å². The highest BCUT2D eigenvalue weighted by molar-refractivity contribution is 5.97. The molecule has 0 saturated carbocycles. The van der Waals surface area contributed by atoms with Crippen LogP contribution in [-0.4, -0.2) is 48.3 Å². The molecule has 3 heterocycles. The zero-order valence-electron chi connectivity index (χ0n) is 22.0. The van der Waals surface area contributed by atoms with Crippen molar-refractivity contribution in [3.63, 3.8) is 0 Å². The summed E-state index contributed by atoms with van der Waals surface area (Å²) in [5, 5.41) is 0. The van der Waals surface area contributed by atoms with Crippen LogP contribution in [-0.2, 0) is 11.8 Å². The van der Waals surface area contributed by atoms with Crippen molar-refractivity contribution in [2.45, 2.75) is 52.5 Å². The Kier molecular flexibility index (Phi) is 5.23. The van der Waals surface area contributed by atoms with Crippen molar-refractivity contribution in [1.29, 1.82) is 0 Å². The molecule has 1 aliphatic carbocycles. The van der Waals surface area contributed by atoms with Gasteiger partial charge < -0.3 is 14.9 Å². The standard InChI is InChI=1S/C30H32N6O/c1-6-36(28(37)18-9-10-22-23(12-18)33-17-32-22)26-14-20-13-24-25(15-21(20)29(2,3)30(26,4)5)35-27(34-24)19-8-7-11-31-16-19/h7-13,15-17,26H,6,14H2,1-5H3,(H,32,33)(H,34,35)/t26-/m1/s1. The second kappa shape index (κ2) is 8.26. The van der Waals surface area contributed by atoms with Crippen LogP contribution >= 0.6 is 0 Å². The largest absolute Gasteiger partial charge is 0.345 e. The minimum atomic E-state index is -0.181. The highest BCUT2D eigenvalue weighted by Gasteiger charge is 2.51. The Morgan fingerprint density at radius 3 is 2.68 bits per heavy atom. The number of benzene rings is 2. The van der Waals surface area contributed by atoms with Crippen molar-refractivity contribution >= 4 is 28.0 Å². The van der Waals surface area contributed by atoms with Gasteiger partial charge in [-0.15, -0.1) is 0 Å². The summed E-state index contributed by atoms with van der Waals surface area (Å²) in [4.78, 5) is 36.0. The Hall–Kier alpha value is -4.00. The Bertz CT molecular complexity index is 1630. The number of hydrogen-bond acceptors (Lipinski definition) is 4. The summed E-state index contributed by atoms with van der Waals surface area (Å²) in [7, 11) is 0. The van der Waals surface area contributed by atoms with E-state index in [0.29, 0.717) is 12.1 Å². The minimum absolute atomic E-state index is 0.0270. The first-order valence-electron chi connectivity index (χ1n) is 12.9. The quantitative estimate of drug-likeness (QED) is 0.327. The summed E-state index contributed by atoms with van der Waals surface area (Å²) in [5.74, 6) is 0.870. The number of likely N-dealkylation sites (N-methyl/N-ethyl adjacent to an activating group) is 1. The number of carbonyl (C=O) groups is 1. The smallest absolute Gasteiger partial charge is 0.254 e. The molecule has 7 heteroatoms. The SMILES string of the molecule is CCN(C(=O)c1ccc2nc[nH]c2c1)[C@@H]1Cc2cc3nc(-c4cccnc4)[nH]c3cc2C(C)(C)C1(C)C. The van der Waals surface area contributed by atoms with Crippen LogP contribution < -0.4 is 0 Å². The third kappa shape index (κ3) is 3.56. The number of imidazole rings is 2. The molecule has 37 heavy (non-hydrogen) atoms. The van der Waals surface area contributed by atoms with Crippen LogP contribution in [0, 0.1) is 5.41 Å². The Balaban J connectivity index is 1.42. The molecule has 3 aromatic heterocycles. The van der Waals surface area contributed by atoms with Gasteiger partial charge in [-0.3, -0.25) is 9.78 Å². The fourth-order valence-electron chi connectivity index (χ4n) is 5.96. The van der Waals surface area contributed by atoms with Gasteiger partial charge >= 0.3 is 0 Å². The second-order valence-corrected chi connectivity index (χ2v) is 11.1. The number of nitrogens with zero attached hydrogens (tertiary/aromatic N) is 4. The molecule has 0 radical (unpaired) electrons. The van der Waals surface area contributed by atoms with Crippen LogP contribution in [0.1, 0.15) is 56.1 Å². The Morgan fingerprint density at radius 2 is 1.92 bits per heavy atom. The molecule has 1 amide bonds. The topological polar surface area (TPSA) is 90.6 Å². The van der Waals surface area contributed by atoms with E-state index >= 15 is 0 Å². The van der Waals surface area contributed by atoms with Crippen molar-refractivity contribution in [2.75, 3.05) is 6.54 Å². The van der Waals surface area contributed by atoms with Gasteiger partial charge in [0.05, 0.1) is 28.4 Å². The third-order valence-electron chi connectivity index (χ3n) is 8.82. The maximum absolute atomic E-state index is 13.9.